The third-order valence-corrected chi connectivity index (χ3v) is 4.65. The Morgan fingerprint density at radius 2 is 1.93 bits per heavy atom. The predicted octanol–water partition coefficient (Wildman–Crippen LogP) is 3.67. The second-order valence-corrected chi connectivity index (χ2v) is 6.87. The van der Waals surface area contributed by atoms with Crippen molar-refractivity contribution >= 4 is 29.9 Å². The second kappa shape index (κ2) is 14.2. The summed E-state index contributed by atoms with van der Waals surface area (Å²) in [6.45, 7) is 7.57. The van der Waals surface area contributed by atoms with Crippen molar-refractivity contribution in [1.29, 1.82) is 0 Å². The van der Waals surface area contributed by atoms with E-state index in [9.17, 15) is 0 Å². The number of nitrogens with one attached hydrogen (secondary N) is 2. The van der Waals surface area contributed by atoms with E-state index in [1.165, 1.54) is 5.56 Å². The second-order valence-electron chi connectivity index (χ2n) is 6.87. The van der Waals surface area contributed by atoms with Crippen LogP contribution in [0.25, 0.3) is 0 Å². The molecule has 2 aromatic rings. The first kappa shape index (κ1) is 25.2. The molecule has 0 saturated heterocycles. The maximum absolute atomic E-state index is 5.17. The van der Waals surface area contributed by atoms with Crippen molar-refractivity contribution in [2.75, 3.05) is 27.2 Å². The van der Waals surface area contributed by atoms with Crippen LogP contribution in [0.5, 0.6) is 5.88 Å². The van der Waals surface area contributed by atoms with Gasteiger partial charge < -0.3 is 15.4 Å². The fourth-order valence-corrected chi connectivity index (χ4v) is 2.82. The van der Waals surface area contributed by atoms with Gasteiger partial charge in [0.25, 0.3) is 0 Å². The van der Waals surface area contributed by atoms with Gasteiger partial charge in [-0.25, -0.2) is 9.98 Å². The maximum atomic E-state index is 5.17. The maximum Gasteiger partial charge on any atom is 0.213 e. The Morgan fingerprint density at radius 3 is 2.62 bits per heavy atom. The molecule has 0 bridgehead atoms. The standard InChI is InChI=1S/C22H33N5O.HI/c1-5-23-22(26-16-20-12-14-24-21(15-20)28-4)25-13-11-18(2)27(3)17-19-9-7-6-8-10-19;/h6-10,12,14-15,18H,5,11,13,16-17H2,1-4H3,(H2,23,25,26);1H. The summed E-state index contributed by atoms with van der Waals surface area (Å²) in [7, 11) is 3.80. The normalized spacial score (nSPS) is 12.2. The van der Waals surface area contributed by atoms with Crippen molar-refractivity contribution in [2.24, 2.45) is 4.99 Å². The van der Waals surface area contributed by atoms with Gasteiger partial charge in [-0.1, -0.05) is 30.3 Å². The van der Waals surface area contributed by atoms with Crippen LogP contribution < -0.4 is 15.4 Å². The monoisotopic (exact) mass is 511 g/mol. The number of halogens is 1. The molecule has 1 aromatic carbocycles. The van der Waals surface area contributed by atoms with Crippen LogP contribution in [0.1, 0.15) is 31.4 Å². The van der Waals surface area contributed by atoms with E-state index in [0.29, 0.717) is 18.5 Å². The summed E-state index contributed by atoms with van der Waals surface area (Å²) >= 11 is 0. The van der Waals surface area contributed by atoms with Gasteiger partial charge in [0.15, 0.2) is 5.96 Å². The number of benzene rings is 1. The van der Waals surface area contributed by atoms with Gasteiger partial charge in [0.2, 0.25) is 5.88 Å². The third kappa shape index (κ3) is 9.45. The van der Waals surface area contributed by atoms with Gasteiger partial charge in [-0.2, -0.15) is 0 Å². The van der Waals surface area contributed by atoms with E-state index in [0.717, 1.165) is 37.6 Å². The zero-order valence-electron chi connectivity index (χ0n) is 17.9. The molecule has 0 fully saturated rings. The van der Waals surface area contributed by atoms with Crippen molar-refractivity contribution in [3.8, 4) is 5.88 Å². The van der Waals surface area contributed by atoms with Crippen molar-refractivity contribution < 1.29 is 4.74 Å². The van der Waals surface area contributed by atoms with Gasteiger partial charge in [0.1, 0.15) is 0 Å². The van der Waals surface area contributed by atoms with Crippen molar-refractivity contribution in [2.45, 2.75) is 39.4 Å². The van der Waals surface area contributed by atoms with Gasteiger partial charge in [-0.05, 0) is 44.5 Å². The number of ether oxygens (including phenoxy) is 1. The fraction of sp³-hybridized carbons (Fsp3) is 0.455. The molecular weight excluding hydrogens is 477 g/mol. The minimum absolute atomic E-state index is 0. The summed E-state index contributed by atoms with van der Waals surface area (Å²) in [5.74, 6) is 1.44. The molecule has 1 heterocycles. The molecule has 160 valence electrons. The molecule has 29 heavy (non-hydrogen) atoms. The Hall–Kier alpha value is -1.87. The molecule has 0 spiro atoms. The number of hydrogen-bond acceptors (Lipinski definition) is 4. The minimum Gasteiger partial charge on any atom is -0.481 e. The topological polar surface area (TPSA) is 61.8 Å². The van der Waals surface area contributed by atoms with Gasteiger partial charge in [0, 0.05) is 37.9 Å². The van der Waals surface area contributed by atoms with Crippen LogP contribution in [0.15, 0.2) is 53.7 Å². The molecule has 7 heteroatoms. The lowest BCUT2D eigenvalue weighted by Crippen LogP contribution is -2.40. The molecule has 0 saturated carbocycles. The van der Waals surface area contributed by atoms with Crippen LogP contribution in [-0.2, 0) is 13.1 Å². The number of methoxy groups -OCH3 is 1. The Balaban J connectivity index is 0.00000420. The Labute approximate surface area is 192 Å². The minimum atomic E-state index is 0. The van der Waals surface area contributed by atoms with Crippen molar-refractivity contribution in [1.82, 2.24) is 20.5 Å². The highest BCUT2D eigenvalue weighted by Crippen LogP contribution is 2.10. The number of rotatable bonds is 10. The summed E-state index contributed by atoms with van der Waals surface area (Å²) in [5.41, 5.74) is 2.41. The number of aromatic nitrogens is 1. The predicted molar refractivity (Wildman–Crippen MR) is 131 cm³/mol. The molecule has 1 atom stereocenters. The zero-order valence-corrected chi connectivity index (χ0v) is 20.2. The Morgan fingerprint density at radius 1 is 1.17 bits per heavy atom. The fourth-order valence-electron chi connectivity index (χ4n) is 2.82. The highest BCUT2D eigenvalue weighted by atomic mass is 127. The van der Waals surface area contributed by atoms with E-state index in [-0.39, 0.29) is 24.0 Å². The van der Waals surface area contributed by atoms with Crippen LogP contribution in [0.3, 0.4) is 0 Å². The quantitative estimate of drug-likeness (QED) is 0.290. The third-order valence-electron chi connectivity index (χ3n) is 4.65. The van der Waals surface area contributed by atoms with Crippen molar-refractivity contribution in [3.63, 3.8) is 0 Å². The summed E-state index contributed by atoms with van der Waals surface area (Å²) < 4.78 is 5.17. The molecule has 6 nitrogen and oxygen atoms in total. The number of guanidine groups is 1. The summed E-state index contributed by atoms with van der Waals surface area (Å²) in [4.78, 5) is 11.2. The van der Waals surface area contributed by atoms with E-state index in [1.54, 1.807) is 13.3 Å². The smallest absolute Gasteiger partial charge is 0.213 e. The average molecular weight is 511 g/mol. The van der Waals surface area contributed by atoms with E-state index in [1.807, 2.05) is 12.1 Å². The molecule has 0 aliphatic heterocycles. The van der Waals surface area contributed by atoms with Crippen molar-refractivity contribution in [3.05, 3.63) is 59.8 Å². The van der Waals surface area contributed by atoms with Gasteiger partial charge in [-0.15, -0.1) is 24.0 Å². The van der Waals surface area contributed by atoms with Crippen LogP contribution in [-0.4, -0.2) is 49.1 Å². The first-order valence-corrected chi connectivity index (χ1v) is 9.87. The van der Waals surface area contributed by atoms with Crippen LogP contribution in [0.4, 0.5) is 0 Å². The Kier molecular flexibility index (Phi) is 12.3. The highest BCUT2D eigenvalue weighted by Gasteiger charge is 2.10. The largest absolute Gasteiger partial charge is 0.481 e. The number of nitrogens with zero attached hydrogens (tertiary/aromatic N) is 3. The first-order chi connectivity index (χ1) is 13.6. The number of hydrogen-bond donors (Lipinski definition) is 2. The van der Waals surface area contributed by atoms with E-state index >= 15 is 0 Å². The van der Waals surface area contributed by atoms with Crippen LogP contribution in [0, 0.1) is 0 Å². The Bertz CT molecular complexity index is 726. The van der Waals surface area contributed by atoms with Crippen LogP contribution >= 0.6 is 24.0 Å². The van der Waals surface area contributed by atoms with E-state index in [4.69, 9.17) is 4.74 Å². The summed E-state index contributed by atoms with van der Waals surface area (Å²) in [5, 5.41) is 6.74. The molecule has 1 unspecified atom stereocenters. The molecule has 0 amide bonds. The molecule has 2 N–H and O–H groups in total. The molecule has 0 aliphatic rings. The molecule has 1 aromatic heterocycles. The van der Waals surface area contributed by atoms with Gasteiger partial charge in [-0.3, -0.25) is 4.90 Å². The van der Waals surface area contributed by atoms with Crippen LogP contribution in [0.2, 0.25) is 0 Å². The molecule has 2 rings (SSSR count). The lowest BCUT2D eigenvalue weighted by Gasteiger charge is -2.25. The first-order valence-electron chi connectivity index (χ1n) is 9.87. The molecule has 0 aliphatic carbocycles. The lowest BCUT2D eigenvalue weighted by molar-refractivity contribution is 0.238. The van der Waals surface area contributed by atoms with E-state index in [2.05, 4.69) is 76.7 Å². The highest BCUT2D eigenvalue weighted by molar-refractivity contribution is 14.0. The SMILES string of the molecule is CCNC(=NCc1ccnc(OC)c1)NCCC(C)N(C)Cc1ccccc1.I. The number of pyridine rings is 1. The summed E-state index contributed by atoms with van der Waals surface area (Å²) in [6, 6.07) is 14.9. The lowest BCUT2D eigenvalue weighted by atomic mass is 10.1. The van der Waals surface area contributed by atoms with Gasteiger partial charge >= 0.3 is 0 Å². The summed E-state index contributed by atoms with van der Waals surface area (Å²) in [6.07, 6.45) is 2.78. The number of aliphatic imine (C=N–C) groups is 1. The molecular formula is C22H34IN5O. The molecule has 0 radical (unpaired) electrons. The average Bonchev–Trinajstić information content (AvgIpc) is 2.72. The van der Waals surface area contributed by atoms with E-state index < -0.39 is 0 Å². The van der Waals surface area contributed by atoms with Gasteiger partial charge in [0.05, 0.1) is 13.7 Å². The zero-order chi connectivity index (χ0) is 20.2.